The van der Waals surface area contributed by atoms with Gasteiger partial charge in [-0.2, -0.15) is 0 Å². The lowest BCUT2D eigenvalue weighted by atomic mass is 10.2. The molecule has 0 fully saturated rings. The van der Waals surface area contributed by atoms with Gasteiger partial charge in [0.25, 0.3) is 5.56 Å². The quantitative estimate of drug-likeness (QED) is 0.328. The van der Waals surface area contributed by atoms with Crippen LogP contribution in [0.25, 0.3) is 16.6 Å². The van der Waals surface area contributed by atoms with Crippen molar-refractivity contribution in [1.29, 1.82) is 0 Å². The second-order valence-corrected chi connectivity index (χ2v) is 8.10. The minimum atomic E-state index is -0.876. The maximum absolute atomic E-state index is 13.9. The third kappa shape index (κ3) is 4.58. The summed E-state index contributed by atoms with van der Waals surface area (Å²) in [5, 5.41) is 2.89. The summed E-state index contributed by atoms with van der Waals surface area (Å²) >= 11 is 0.974. The third-order valence-electron chi connectivity index (χ3n) is 4.88. The minimum absolute atomic E-state index is 0.229. The van der Waals surface area contributed by atoms with Crippen molar-refractivity contribution in [1.82, 2.24) is 9.55 Å². The first-order chi connectivity index (χ1) is 15.9. The van der Waals surface area contributed by atoms with Crippen LogP contribution in [0, 0.1) is 18.6 Å². The van der Waals surface area contributed by atoms with Crippen LogP contribution in [-0.4, -0.2) is 28.3 Å². The summed E-state index contributed by atoms with van der Waals surface area (Å²) in [6.07, 6.45) is 0. The van der Waals surface area contributed by atoms with Gasteiger partial charge in [-0.3, -0.25) is 14.2 Å². The largest absolute Gasteiger partial charge is 0.495 e. The van der Waals surface area contributed by atoms with Crippen molar-refractivity contribution in [3.63, 3.8) is 0 Å². The van der Waals surface area contributed by atoms with E-state index in [0.29, 0.717) is 22.3 Å². The fourth-order valence-electron chi connectivity index (χ4n) is 3.32. The normalized spacial score (nSPS) is 10.9. The fraction of sp³-hybridized carbons (Fsp3) is 0.125. The summed E-state index contributed by atoms with van der Waals surface area (Å²) in [6.45, 7) is 1.88. The van der Waals surface area contributed by atoms with Crippen molar-refractivity contribution >= 4 is 34.3 Å². The van der Waals surface area contributed by atoms with Crippen LogP contribution in [-0.2, 0) is 4.79 Å². The molecule has 1 amide bonds. The van der Waals surface area contributed by atoms with Gasteiger partial charge in [-0.05, 0) is 48.9 Å². The van der Waals surface area contributed by atoms with E-state index in [-0.39, 0.29) is 16.5 Å². The number of aryl methyl sites for hydroxylation is 1. The Morgan fingerprint density at radius 1 is 1.09 bits per heavy atom. The molecule has 9 heteroatoms. The SMILES string of the molecule is COc1ccc(C)cc1-n1c(SCC(=O)Nc2c(F)cccc2F)nc2ccccc2c1=O. The molecule has 0 saturated heterocycles. The lowest BCUT2D eigenvalue weighted by molar-refractivity contribution is -0.113. The summed E-state index contributed by atoms with van der Waals surface area (Å²) in [7, 11) is 1.50. The molecule has 6 nitrogen and oxygen atoms in total. The second-order valence-electron chi connectivity index (χ2n) is 7.16. The molecular weight excluding hydrogens is 448 g/mol. The highest BCUT2D eigenvalue weighted by Gasteiger charge is 2.19. The molecule has 1 N–H and O–H groups in total. The molecule has 3 aromatic carbocycles. The number of aromatic nitrogens is 2. The van der Waals surface area contributed by atoms with E-state index in [4.69, 9.17) is 4.74 Å². The number of thioether (sulfide) groups is 1. The highest BCUT2D eigenvalue weighted by Crippen LogP contribution is 2.28. The Labute approximate surface area is 192 Å². The molecule has 0 spiro atoms. The molecular formula is C24H19F2N3O3S. The molecule has 0 aliphatic rings. The number of halogens is 2. The third-order valence-corrected chi connectivity index (χ3v) is 5.82. The topological polar surface area (TPSA) is 73.2 Å². The van der Waals surface area contributed by atoms with Gasteiger partial charge in [0.1, 0.15) is 23.1 Å². The smallest absolute Gasteiger partial charge is 0.266 e. The lowest BCUT2D eigenvalue weighted by Crippen LogP contribution is -2.23. The van der Waals surface area contributed by atoms with Gasteiger partial charge >= 0.3 is 0 Å². The monoisotopic (exact) mass is 467 g/mol. The van der Waals surface area contributed by atoms with E-state index in [2.05, 4.69) is 10.3 Å². The Kier molecular flexibility index (Phi) is 6.41. The Morgan fingerprint density at radius 2 is 1.82 bits per heavy atom. The van der Waals surface area contributed by atoms with E-state index in [1.54, 1.807) is 36.4 Å². The van der Waals surface area contributed by atoms with Crippen LogP contribution in [0.1, 0.15) is 5.56 Å². The molecule has 4 rings (SSSR count). The predicted octanol–water partition coefficient (Wildman–Crippen LogP) is 4.71. The summed E-state index contributed by atoms with van der Waals surface area (Å²) < 4.78 is 34.6. The standard InChI is InChI=1S/C24H19F2N3O3S/c1-14-10-11-20(32-2)19(12-14)29-23(31)15-6-3-4-9-18(15)27-24(29)33-13-21(30)28-22-16(25)7-5-8-17(22)26/h3-12H,13H2,1-2H3,(H,28,30). The highest BCUT2D eigenvalue weighted by atomic mass is 32.2. The number of ether oxygens (including phenoxy) is 1. The fourth-order valence-corrected chi connectivity index (χ4v) is 4.12. The summed E-state index contributed by atoms with van der Waals surface area (Å²) in [4.78, 5) is 30.4. The number of nitrogens with one attached hydrogen (secondary N) is 1. The van der Waals surface area contributed by atoms with E-state index in [1.165, 1.54) is 17.7 Å². The van der Waals surface area contributed by atoms with Crippen LogP contribution < -0.4 is 15.6 Å². The average molecular weight is 467 g/mol. The highest BCUT2D eigenvalue weighted by molar-refractivity contribution is 7.99. The first-order valence-corrected chi connectivity index (χ1v) is 10.9. The van der Waals surface area contributed by atoms with Crippen LogP contribution >= 0.6 is 11.8 Å². The van der Waals surface area contributed by atoms with Gasteiger partial charge in [0.2, 0.25) is 5.91 Å². The van der Waals surface area contributed by atoms with E-state index in [1.807, 2.05) is 13.0 Å². The number of methoxy groups -OCH3 is 1. The van der Waals surface area contributed by atoms with Gasteiger partial charge < -0.3 is 10.1 Å². The number of carbonyl (C=O) groups is 1. The zero-order chi connectivity index (χ0) is 23.5. The number of hydrogen-bond acceptors (Lipinski definition) is 5. The zero-order valence-electron chi connectivity index (χ0n) is 17.8. The van der Waals surface area contributed by atoms with Gasteiger partial charge in [-0.1, -0.05) is 36.0 Å². The second kappa shape index (κ2) is 9.41. The van der Waals surface area contributed by atoms with Crippen LogP contribution in [0.3, 0.4) is 0 Å². The number of amides is 1. The Hall–Kier alpha value is -3.72. The summed E-state index contributed by atoms with van der Waals surface area (Å²) in [5.41, 5.74) is 0.992. The number of rotatable bonds is 6. The Morgan fingerprint density at radius 3 is 2.55 bits per heavy atom. The van der Waals surface area contributed by atoms with Crippen molar-refractivity contribution < 1.29 is 18.3 Å². The molecule has 0 saturated carbocycles. The van der Waals surface area contributed by atoms with E-state index < -0.39 is 23.2 Å². The maximum atomic E-state index is 13.9. The molecule has 4 aromatic rings. The molecule has 33 heavy (non-hydrogen) atoms. The predicted molar refractivity (Wildman–Crippen MR) is 124 cm³/mol. The number of benzene rings is 3. The first kappa shape index (κ1) is 22.5. The maximum Gasteiger partial charge on any atom is 0.266 e. The number of nitrogens with zero attached hydrogens (tertiary/aromatic N) is 2. The molecule has 0 aliphatic carbocycles. The van der Waals surface area contributed by atoms with Crippen molar-refractivity contribution in [3.8, 4) is 11.4 Å². The van der Waals surface area contributed by atoms with E-state index >= 15 is 0 Å². The number of para-hydroxylation sites is 2. The molecule has 1 heterocycles. The lowest BCUT2D eigenvalue weighted by Gasteiger charge is -2.16. The van der Waals surface area contributed by atoms with Crippen LogP contribution in [0.2, 0.25) is 0 Å². The molecule has 168 valence electrons. The van der Waals surface area contributed by atoms with Crippen molar-refractivity contribution in [2.75, 3.05) is 18.2 Å². The van der Waals surface area contributed by atoms with Gasteiger partial charge in [-0.25, -0.2) is 13.8 Å². The van der Waals surface area contributed by atoms with Gasteiger partial charge in [-0.15, -0.1) is 0 Å². The van der Waals surface area contributed by atoms with Crippen LogP contribution in [0.5, 0.6) is 5.75 Å². The summed E-state index contributed by atoms with van der Waals surface area (Å²) in [6, 6.07) is 15.6. The molecule has 0 radical (unpaired) electrons. The molecule has 0 aliphatic heterocycles. The van der Waals surface area contributed by atoms with E-state index in [0.717, 1.165) is 29.5 Å². The molecule has 0 unspecified atom stereocenters. The van der Waals surface area contributed by atoms with Gasteiger partial charge in [0, 0.05) is 0 Å². The number of carbonyl (C=O) groups excluding carboxylic acids is 1. The van der Waals surface area contributed by atoms with Gasteiger partial charge in [0.05, 0.1) is 29.5 Å². The number of anilines is 1. The van der Waals surface area contributed by atoms with Crippen LogP contribution in [0.4, 0.5) is 14.5 Å². The van der Waals surface area contributed by atoms with Crippen molar-refractivity contribution in [2.45, 2.75) is 12.1 Å². The number of hydrogen-bond donors (Lipinski definition) is 1. The zero-order valence-corrected chi connectivity index (χ0v) is 18.6. The average Bonchev–Trinajstić information content (AvgIpc) is 2.80. The first-order valence-electron chi connectivity index (χ1n) is 9.92. The minimum Gasteiger partial charge on any atom is -0.495 e. The molecule has 0 atom stereocenters. The van der Waals surface area contributed by atoms with Gasteiger partial charge in [0.15, 0.2) is 5.16 Å². The molecule has 0 bridgehead atoms. The van der Waals surface area contributed by atoms with E-state index in [9.17, 15) is 18.4 Å². The molecule has 1 aromatic heterocycles. The van der Waals surface area contributed by atoms with Crippen LogP contribution in [0.15, 0.2) is 70.6 Å². The number of fused-ring (bicyclic) bond motifs is 1. The Balaban J connectivity index is 1.74. The van der Waals surface area contributed by atoms with Crippen molar-refractivity contribution in [3.05, 3.63) is 88.2 Å². The summed E-state index contributed by atoms with van der Waals surface area (Å²) in [5.74, 6) is -2.17. The van der Waals surface area contributed by atoms with Crippen molar-refractivity contribution in [2.24, 2.45) is 0 Å². The Bertz CT molecular complexity index is 1400.